The van der Waals surface area contributed by atoms with Crippen LogP contribution < -0.4 is 0 Å². The minimum Gasteiger partial charge on any atom is -0.478 e. The van der Waals surface area contributed by atoms with E-state index in [9.17, 15) is 4.79 Å². The third-order valence-corrected chi connectivity index (χ3v) is 4.68. The van der Waals surface area contributed by atoms with Gasteiger partial charge in [0.05, 0.1) is 6.26 Å². The highest BCUT2D eigenvalue weighted by Crippen LogP contribution is 2.29. The molecule has 5 heteroatoms. The van der Waals surface area contributed by atoms with E-state index in [4.69, 9.17) is 9.52 Å². The number of thiophene rings is 1. The summed E-state index contributed by atoms with van der Waals surface area (Å²) in [7, 11) is 0. The van der Waals surface area contributed by atoms with Gasteiger partial charge in [0.15, 0.2) is 0 Å². The van der Waals surface area contributed by atoms with Crippen LogP contribution in [0.15, 0.2) is 39.9 Å². The highest BCUT2D eigenvalue weighted by atomic mass is 32.2. The molecule has 2 aromatic heterocycles. The molecule has 0 aliphatic heterocycles. The van der Waals surface area contributed by atoms with Crippen molar-refractivity contribution in [2.24, 2.45) is 0 Å². The van der Waals surface area contributed by atoms with Crippen LogP contribution in [0.5, 0.6) is 0 Å². The topological polar surface area (TPSA) is 50.4 Å². The molecule has 0 bridgehead atoms. The van der Waals surface area contributed by atoms with Gasteiger partial charge in [-0.05, 0) is 31.2 Å². The van der Waals surface area contributed by atoms with Crippen LogP contribution in [0.3, 0.4) is 0 Å². The van der Waals surface area contributed by atoms with Crippen molar-refractivity contribution < 1.29 is 14.3 Å². The van der Waals surface area contributed by atoms with Crippen molar-refractivity contribution in [1.29, 1.82) is 0 Å². The molecule has 18 heavy (non-hydrogen) atoms. The van der Waals surface area contributed by atoms with Crippen molar-refractivity contribution in [3.63, 3.8) is 0 Å². The lowest BCUT2D eigenvalue weighted by molar-refractivity contribution is -0.131. The normalized spacial score (nSPS) is 11.2. The highest BCUT2D eigenvalue weighted by molar-refractivity contribution is 7.98. The third-order valence-electron chi connectivity index (χ3n) is 2.25. The number of carboxylic acids is 1. The van der Waals surface area contributed by atoms with E-state index in [-0.39, 0.29) is 0 Å². The maximum atomic E-state index is 10.4. The molecule has 0 spiro atoms. The molecular weight excluding hydrogens is 268 g/mol. The van der Waals surface area contributed by atoms with Gasteiger partial charge in [0.2, 0.25) is 0 Å². The maximum Gasteiger partial charge on any atom is 0.328 e. The zero-order valence-electron chi connectivity index (χ0n) is 9.75. The summed E-state index contributed by atoms with van der Waals surface area (Å²) < 4.78 is 5.23. The molecule has 0 aromatic carbocycles. The van der Waals surface area contributed by atoms with Crippen molar-refractivity contribution in [1.82, 2.24) is 0 Å². The molecule has 2 rings (SSSR count). The molecule has 0 fully saturated rings. The smallest absolute Gasteiger partial charge is 0.328 e. The van der Waals surface area contributed by atoms with Gasteiger partial charge in [0.1, 0.15) is 5.76 Å². The predicted molar refractivity (Wildman–Crippen MR) is 74.0 cm³/mol. The molecule has 0 amide bonds. The van der Waals surface area contributed by atoms with Gasteiger partial charge in [0, 0.05) is 26.5 Å². The summed E-state index contributed by atoms with van der Waals surface area (Å²) in [5.41, 5.74) is 0. The zero-order chi connectivity index (χ0) is 13.0. The van der Waals surface area contributed by atoms with Gasteiger partial charge in [-0.2, -0.15) is 0 Å². The Balaban J connectivity index is 1.95. The van der Waals surface area contributed by atoms with Crippen LogP contribution >= 0.6 is 23.1 Å². The first kappa shape index (κ1) is 13.0. The summed E-state index contributed by atoms with van der Waals surface area (Å²) in [5.74, 6) is 0.877. The van der Waals surface area contributed by atoms with Crippen LogP contribution in [0.2, 0.25) is 0 Å². The lowest BCUT2D eigenvalue weighted by Crippen LogP contribution is -1.84. The summed E-state index contributed by atoms with van der Waals surface area (Å²) in [6.07, 6.45) is 4.46. The number of hydrogen-bond donors (Lipinski definition) is 1. The lowest BCUT2D eigenvalue weighted by Gasteiger charge is -1.96. The van der Waals surface area contributed by atoms with E-state index in [1.54, 1.807) is 35.4 Å². The lowest BCUT2D eigenvalue weighted by atomic mass is 10.4. The number of furan rings is 1. The van der Waals surface area contributed by atoms with Gasteiger partial charge in [-0.15, -0.1) is 23.1 Å². The second-order valence-corrected chi connectivity index (χ2v) is 5.82. The Kier molecular flexibility index (Phi) is 4.28. The molecule has 2 heterocycles. The fourth-order valence-electron chi connectivity index (χ4n) is 1.39. The molecule has 0 radical (unpaired) electrons. The maximum absolute atomic E-state index is 10.4. The van der Waals surface area contributed by atoms with Crippen LogP contribution in [-0.2, 0) is 10.5 Å². The molecule has 94 valence electrons. The zero-order valence-corrected chi connectivity index (χ0v) is 11.4. The molecule has 0 unspecified atom stereocenters. The Labute approximate surface area is 113 Å². The Morgan fingerprint density at radius 1 is 1.50 bits per heavy atom. The van der Waals surface area contributed by atoms with E-state index in [2.05, 4.69) is 0 Å². The van der Waals surface area contributed by atoms with Crippen LogP contribution in [0.4, 0.5) is 0 Å². The number of rotatable bonds is 5. The Morgan fingerprint density at radius 2 is 2.33 bits per heavy atom. The second-order valence-electron chi connectivity index (χ2n) is 3.61. The van der Waals surface area contributed by atoms with Crippen LogP contribution in [-0.4, -0.2) is 11.1 Å². The van der Waals surface area contributed by atoms with Gasteiger partial charge in [0.25, 0.3) is 0 Å². The summed E-state index contributed by atoms with van der Waals surface area (Å²) in [6.45, 7) is 1.94. The van der Waals surface area contributed by atoms with E-state index >= 15 is 0 Å². The highest BCUT2D eigenvalue weighted by Gasteiger charge is 2.04. The van der Waals surface area contributed by atoms with Crippen molar-refractivity contribution in [3.8, 4) is 0 Å². The molecule has 0 atom stereocenters. The van der Waals surface area contributed by atoms with Gasteiger partial charge >= 0.3 is 5.97 Å². The van der Waals surface area contributed by atoms with E-state index in [1.807, 2.05) is 25.1 Å². The third kappa shape index (κ3) is 3.51. The number of carboxylic acid groups (broad SMARTS) is 1. The van der Waals surface area contributed by atoms with Crippen LogP contribution in [0.1, 0.15) is 15.5 Å². The van der Waals surface area contributed by atoms with Crippen molar-refractivity contribution in [2.75, 3.05) is 0 Å². The van der Waals surface area contributed by atoms with Crippen molar-refractivity contribution in [3.05, 3.63) is 46.1 Å². The van der Waals surface area contributed by atoms with Gasteiger partial charge in [-0.1, -0.05) is 0 Å². The average molecular weight is 280 g/mol. The molecule has 0 aliphatic rings. The van der Waals surface area contributed by atoms with Gasteiger partial charge in [-0.3, -0.25) is 0 Å². The summed E-state index contributed by atoms with van der Waals surface area (Å²) in [5, 5.41) is 8.54. The van der Waals surface area contributed by atoms with E-state index in [0.29, 0.717) is 0 Å². The first-order valence-corrected chi connectivity index (χ1v) is 7.12. The van der Waals surface area contributed by atoms with Crippen LogP contribution in [0, 0.1) is 6.92 Å². The molecule has 3 nitrogen and oxygen atoms in total. The largest absolute Gasteiger partial charge is 0.478 e. The predicted octanol–water partition coefficient (Wildman–Crippen LogP) is 4.04. The number of carbonyl (C=O) groups is 1. The molecule has 0 saturated carbocycles. The van der Waals surface area contributed by atoms with Crippen LogP contribution in [0.25, 0.3) is 6.08 Å². The summed E-state index contributed by atoms with van der Waals surface area (Å²) >= 11 is 3.32. The van der Waals surface area contributed by atoms with E-state index in [1.165, 1.54) is 4.88 Å². The minimum atomic E-state index is -0.923. The summed E-state index contributed by atoms with van der Waals surface area (Å²) in [6, 6.07) is 5.91. The number of hydrogen-bond acceptors (Lipinski definition) is 4. The molecule has 1 N–H and O–H groups in total. The Bertz CT molecular complexity index is 566. The fraction of sp³-hybridized carbons (Fsp3) is 0.154. The number of thioether (sulfide) groups is 1. The molecule has 0 aliphatic carbocycles. The average Bonchev–Trinajstić information content (AvgIpc) is 2.93. The van der Waals surface area contributed by atoms with E-state index < -0.39 is 5.97 Å². The number of aryl methyl sites for hydroxylation is 1. The Morgan fingerprint density at radius 3 is 3.00 bits per heavy atom. The fourth-order valence-corrected chi connectivity index (χ4v) is 3.31. The number of aliphatic carboxylic acids is 1. The molecule has 2 aromatic rings. The quantitative estimate of drug-likeness (QED) is 0.663. The van der Waals surface area contributed by atoms with Crippen molar-refractivity contribution >= 4 is 35.1 Å². The molecule has 0 saturated heterocycles. The minimum absolute atomic E-state index is 0.867. The first-order valence-electron chi connectivity index (χ1n) is 5.32. The van der Waals surface area contributed by atoms with Crippen molar-refractivity contribution in [2.45, 2.75) is 17.6 Å². The standard InChI is InChI=1S/C13H12O3S2/c1-9-12(6-7-16-9)17-8-11-3-2-10(18-11)4-5-13(14)15/h2-7H,8H2,1H3,(H,14,15)/b5-4+. The second kappa shape index (κ2) is 5.93. The monoisotopic (exact) mass is 280 g/mol. The first-order chi connectivity index (χ1) is 8.65. The Hall–Kier alpha value is -1.46. The van der Waals surface area contributed by atoms with Gasteiger partial charge in [-0.25, -0.2) is 4.79 Å². The van der Waals surface area contributed by atoms with E-state index in [0.717, 1.165) is 27.4 Å². The summed E-state index contributed by atoms with van der Waals surface area (Å²) in [4.78, 5) is 13.7. The molecular formula is C13H12O3S2. The SMILES string of the molecule is Cc1occc1SCc1ccc(/C=C/C(=O)O)s1. The van der Waals surface area contributed by atoms with Gasteiger partial charge < -0.3 is 9.52 Å².